The van der Waals surface area contributed by atoms with Gasteiger partial charge in [0.05, 0.1) is 11.6 Å². The molecule has 6 nitrogen and oxygen atoms in total. The average molecular weight is 353 g/mol. The van der Waals surface area contributed by atoms with Crippen LogP contribution in [0.3, 0.4) is 0 Å². The van der Waals surface area contributed by atoms with Crippen LogP contribution in [0.25, 0.3) is 0 Å². The zero-order chi connectivity index (χ0) is 15.8. The van der Waals surface area contributed by atoms with Crippen LogP contribution in [0.2, 0.25) is 5.02 Å². The van der Waals surface area contributed by atoms with Gasteiger partial charge in [0, 0.05) is 22.4 Å². The van der Waals surface area contributed by atoms with Gasteiger partial charge in [-0.05, 0) is 6.07 Å². The molecule has 0 saturated carbocycles. The molecule has 0 aliphatic heterocycles. The van der Waals surface area contributed by atoms with Crippen molar-refractivity contribution in [1.29, 1.82) is 0 Å². The second-order valence-electron chi connectivity index (χ2n) is 4.03. The fourth-order valence-corrected chi connectivity index (χ4v) is 2.68. The number of rotatable bonds is 3. The highest BCUT2D eigenvalue weighted by Gasteiger charge is 2.18. The number of aromatic amines is 1. The lowest BCUT2D eigenvalue weighted by molar-refractivity contribution is 0.586. The van der Waals surface area contributed by atoms with Crippen molar-refractivity contribution in [1.82, 2.24) is 9.55 Å². The number of benzene rings is 1. The first kappa shape index (κ1) is 15.7. The molecule has 1 heterocycles. The SMILES string of the molecule is O=c1[nH]c(=O)n(Cc2cccc(Cl)c2F)cc1S(=O)(=O)Cl. The van der Waals surface area contributed by atoms with E-state index in [9.17, 15) is 22.4 Å². The van der Waals surface area contributed by atoms with E-state index in [2.05, 4.69) is 0 Å². The van der Waals surface area contributed by atoms with Gasteiger partial charge in [-0.25, -0.2) is 17.6 Å². The van der Waals surface area contributed by atoms with Crippen molar-refractivity contribution in [2.24, 2.45) is 0 Å². The minimum atomic E-state index is -4.33. The average Bonchev–Trinajstić information content (AvgIpc) is 2.36. The molecule has 2 rings (SSSR count). The van der Waals surface area contributed by atoms with Crippen LogP contribution in [0.4, 0.5) is 4.39 Å². The Labute approximate surface area is 127 Å². The smallest absolute Gasteiger partial charge is 0.295 e. The summed E-state index contributed by atoms with van der Waals surface area (Å²) < 4.78 is 37.0. The minimum absolute atomic E-state index is 0.0505. The lowest BCUT2D eigenvalue weighted by Gasteiger charge is -2.08. The zero-order valence-electron chi connectivity index (χ0n) is 10.1. The summed E-state index contributed by atoms with van der Waals surface area (Å²) in [6.07, 6.45) is 0.754. The summed E-state index contributed by atoms with van der Waals surface area (Å²) in [5.41, 5.74) is -1.99. The highest BCUT2D eigenvalue weighted by atomic mass is 35.7. The van der Waals surface area contributed by atoms with Crippen molar-refractivity contribution in [2.75, 3.05) is 0 Å². The van der Waals surface area contributed by atoms with Crippen molar-refractivity contribution < 1.29 is 12.8 Å². The molecule has 0 bridgehead atoms. The van der Waals surface area contributed by atoms with Crippen LogP contribution in [0, 0.1) is 5.82 Å². The molecular weight excluding hydrogens is 346 g/mol. The molecule has 1 N–H and O–H groups in total. The number of halogens is 3. The minimum Gasteiger partial charge on any atom is -0.295 e. The molecule has 1 aromatic heterocycles. The monoisotopic (exact) mass is 352 g/mol. The second kappa shape index (κ2) is 5.63. The summed E-state index contributed by atoms with van der Waals surface area (Å²) in [4.78, 5) is 24.0. The highest BCUT2D eigenvalue weighted by molar-refractivity contribution is 8.13. The molecule has 0 atom stereocenters. The normalized spacial score (nSPS) is 11.6. The van der Waals surface area contributed by atoms with Crippen LogP contribution >= 0.6 is 22.3 Å². The van der Waals surface area contributed by atoms with E-state index in [1.54, 1.807) is 4.98 Å². The maximum Gasteiger partial charge on any atom is 0.328 e. The topological polar surface area (TPSA) is 89.0 Å². The molecule has 0 amide bonds. The number of nitrogens with one attached hydrogen (secondary N) is 1. The number of H-pyrrole nitrogens is 1. The van der Waals surface area contributed by atoms with Crippen molar-refractivity contribution >= 4 is 31.3 Å². The Bertz CT molecular complexity index is 921. The summed E-state index contributed by atoms with van der Waals surface area (Å²) in [7, 11) is 0.755. The Morgan fingerprint density at radius 1 is 1.29 bits per heavy atom. The van der Waals surface area contributed by atoms with Crippen LogP contribution in [-0.2, 0) is 15.6 Å². The molecule has 0 fully saturated rings. The van der Waals surface area contributed by atoms with Gasteiger partial charge in [-0.15, -0.1) is 0 Å². The summed E-state index contributed by atoms with van der Waals surface area (Å²) in [5.74, 6) is -0.743. The molecule has 0 aliphatic rings. The Balaban J connectivity index is 2.58. The molecular formula is C11H7Cl2FN2O4S. The lowest BCUT2D eigenvalue weighted by atomic mass is 10.2. The Hall–Kier alpha value is -1.64. The van der Waals surface area contributed by atoms with Gasteiger partial charge < -0.3 is 0 Å². The summed E-state index contributed by atoms with van der Waals surface area (Å²) in [6.45, 7) is -0.318. The quantitative estimate of drug-likeness (QED) is 0.843. The van der Waals surface area contributed by atoms with Crippen LogP contribution in [0.1, 0.15) is 5.56 Å². The first-order chi connectivity index (χ1) is 9.70. The molecule has 1 aromatic carbocycles. The molecule has 0 radical (unpaired) electrons. The Morgan fingerprint density at radius 2 is 1.95 bits per heavy atom. The third kappa shape index (κ3) is 3.34. The maximum absolute atomic E-state index is 13.8. The second-order valence-corrected chi connectivity index (χ2v) is 6.97. The Morgan fingerprint density at radius 3 is 2.57 bits per heavy atom. The van der Waals surface area contributed by atoms with E-state index >= 15 is 0 Å². The van der Waals surface area contributed by atoms with Gasteiger partial charge in [0.15, 0.2) is 4.90 Å². The highest BCUT2D eigenvalue weighted by Crippen LogP contribution is 2.18. The van der Waals surface area contributed by atoms with E-state index in [4.69, 9.17) is 22.3 Å². The summed E-state index contributed by atoms with van der Waals surface area (Å²) in [5, 5.41) is -0.143. The molecule has 0 spiro atoms. The van der Waals surface area contributed by atoms with E-state index in [1.807, 2.05) is 0 Å². The molecule has 112 valence electrons. The van der Waals surface area contributed by atoms with E-state index < -0.39 is 31.0 Å². The first-order valence-electron chi connectivity index (χ1n) is 5.41. The predicted octanol–water partition coefficient (Wildman–Crippen LogP) is 1.30. The maximum atomic E-state index is 13.8. The van der Waals surface area contributed by atoms with Crippen molar-refractivity contribution in [3.8, 4) is 0 Å². The van der Waals surface area contributed by atoms with Gasteiger partial charge in [-0.1, -0.05) is 23.7 Å². The van der Waals surface area contributed by atoms with Gasteiger partial charge in [-0.2, -0.15) is 0 Å². The molecule has 10 heteroatoms. The largest absolute Gasteiger partial charge is 0.328 e. The molecule has 0 unspecified atom stereocenters. The van der Waals surface area contributed by atoms with Crippen LogP contribution < -0.4 is 11.2 Å². The van der Waals surface area contributed by atoms with Crippen LogP contribution in [0.15, 0.2) is 38.9 Å². The van der Waals surface area contributed by atoms with Gasteiger partial charge >= 0.3 is 5.69 Å². The van der Waals surface area contributed by atoms with E-state index in [-0.39, 0.29) is 17.1 Å². The first-order valence-corrected chi connectivity index (χ1v) is 8.10. The fourth-order valence-electron chi connectivity index (χ4n) is 1.63. The molecule has 0 aliphatic carbocycles. The van der Waals surface area contributed by atoms with Gasteiger partial charge in [0.25, 0.3) is 14.6 Å². The van der Waals surface area contributed by atoms with E-state index in [0.717, 1.165) is 10.8 Å². The number of nitrogens with zero attached hydrogens (tertiary/aromatic N) is 1. The van der Waals surface area contributed by atoms with Crippen LogP contribution in [0.5, 0.6) is 0 Å². The molecule has 21 heavy (non-hydrogen) atoms. The number of hydrogen-bond donors (Lipinski definition) is 1. The fraction of sp³-hybridized carbons (Fsp3) is 0.0909. The van der Waals surface area contributed by atoms with E-state index in [1.165, 1.54) is 18.2 Å². The van der Waals surface area contributed by atoms with E-state index in [0.29, 0.717) is 0 Å². The van der Waals surface area contributed by atoms with Crippen molar-refractivity contribution in [3.05, 3.63) is 61.6 Å². The number of aromatic nitrogens is 2. The Kier molecular flexibility index (Phi) is 4.22. The molecule has 2 aromatic rings. The predicted molar refractivity (Wildman–Crippen MR) is 74.9 cm³/mol. The van der Waals surface area contributed by atoms with Crippen molar-refractivity contribution in [2.45, 2.75) is 11.4 Å². The molecule has 0 saturated heterocycles. The zero-order valence-corrected chi connectivity index (χ0v) is 12.5. The van der Waals surface area contributed by atoms with Crippen molar-refractivity contribution in [3.63, 3.8) is 0 Å². The number of hydrogen-bond acceptors (Lipinski definition) is 4. The standard InChI is InChI=1S/C11H7Cl2FN2O4S/c12-7-3-1-2-6(9(7)14)4-16-5-8(21(13,19)20)10(17)15-11(16)18/h1-3,5H,4H2,(H,15,17,18). The van der Waals surface area contributed by atoms with Gasteiger partial charge in [0.1, 0.15) is 5.82 Å². The third-order valence-electron chi connectivity index (χ3n) is 2.61. The van der Waals surface area contributed by atoms with Gasteiger partial charge in [-0.3, -0.25) is 14.3 Å². The van der Waals surface area contributed by atoms with Gasteiger partial charge in [0.2, 0.25) is 0 Å². The lowest BCUT2D eigenvalue weighted by Crippen LogP contribution is -2.32. The third-order valence-corrected chi connectivity index (χ3v) is 4.22. The summed E-state index contributed by atoms with van der Waals surface area (Å²) in [6, 6.07) is 4.16. The van der Waals surface area contributed by atoms with Crippen LogP contribution in [-0.4, -0.2) is 18.0 Å². The summed E-state index contributed by atoms with van der Waals surface area (Å²) >= 11 is 5.61.